The average Bonchev–Trinajstić information content (AvgIpc) is 3.26. The number of nitrogens with zero attached hydrogens (tertiary/aromatic N) is 2. The Labute approximate surface area is 189 Å². The minimum Gasteiger partial charge on any atom is -0.497 e. The van der Waals surface area contributed by atoms with E-state index < -0.39 is 35.3 Å². The summed E-state index contributed by atoms with van der Waals surface area (Å²) < 4.78 is 39.8. The first kappa shape index (κ1) is 22.2. The van der Waals surface area contributed by atoms with E-state index in [0.717, 1.165) is 28.0 Å². The Morgan fingerprint density at radius 2 is 1.76 bits per heavy atom. The SMILES string of the molecule is COc1ccc(OC)c(NC(=O)Cn2c(=O)n(-c3cc(F)cc(F)c3)c(=O)c3sccc32)c1. The summed E-state index contributed by atoms with van der Waals surface area (Å²) >= 11 is 1.05. The Kier molecular flexibility index (Phi) is 5.97. The van der Waals surface area contributed by atoms with Crippen LogP contribution in [0.25, 0.3) is 15.9 Å². The fourth-order valence-corrected chi connectivity index (χ4v) is 4.21. The number of fused-ring (bicyclic) bond motifs is 1. The fraction of sp³-hybridized carbons (Fsp3) is 0.136. The Morgan fingerprint density at radius 1 is 1.03 bits per heavy atom. The van der Waals surface area contributed by atoms with Crippen LogP contribution in [0.1, 0.15) is 0 Å². The standard InChI is InChI=1S/C22H17F2N3O5S/c1-31-15-3-4-18(32-2)16(10-15)25-19(28)11-26-17-5-6-33-20(17)21(29)27(22(26)30)14-8-12(23)7-13(24)9-14/h3-10H,11H2,1-2H3,(H,25,28). The van der Waals surface area contributed by atoms with Gasteiger partial charge in [-0.3, -0.25) is 14.2 Å². The molecule has 0 aliphatic heterocycles. The number of amides is 1. The van der Waals surface area contributed by atoms with Gasteiger partial charge in [0.05, 0.1) is 31.1 Å². The molecule has 2 heterocycles. The fourth-order valence-electron chi connectivity index (χ4n) is 3.38. The Hall–Kier alpha value is -3.99. The van der Waals surface area contributed by atoms with Gasteiger partial charge in [-0.1, -0.05) is 0 Å². The second-order valence-corrected chi connectivity index (χ2v) is 7.80. The first-order valence-electron chi connectivity index (χ1n) is 9.53. The van der Waals surface area contributed by atoms with Gasteiger partial charge in [-0.2, -0.15) is 0 Å². The molecular weight excluding hydrogens is 456 g/mol. The highest BCUT2D eigenvalue weighted by molar-refractivity contribution is 7.17. The average molecular weight is 473 g/mol. The van der Waals surface area contributed by atoms with Gasteiger partial charge in [-0.15, -0.1) is 11.3 Å². The summed E-state index contributed by atoms with van der Waals surface area (Å²) in [6.07, 6.45) is 0. The number of anilines is 1. The van der Waals surface area contributed by atoms with Crippen LogP contribution in [0.2, 0.25) is 0 Å². The lowest BCUT2D eigenvalue weighted by Gasteiger charge is -2.14. The Bertz CT molecular complexity index is 1470. The summed E-state index contributed by atoms with van der Waals surface area (Å²) in [5.74, 6) is -1.64. The summed E-state index contributed by atoms with van der Waals surface area (Å²) in [5.41, 5.74) is -1.38. The Morgan fingerprint density at radius 3 is 2.42 bits per heavy atom. The van der Waals surface area contributed by atoms with E-state index in [9.17, 15) is 23.2 Å². The number of hydrogen-bond acceptors (Lipinski definition) is 6. The number of thiophene rings is 1. The molecule has 170 valence electrons. The molecule has 8 nitrogen and oxygen atoms in total. The predicted molar refractivity (Wildman–Crippen MR) is 120 cm³/mol. The summed E-state index contributed by atoms with van der Waals surface area (Å²) in [5, 5.41) is 4.24. The molecule has 2 aromatic carbocycles. The number of benzene rings is 2. The number of methoxy groups -OCH3 is 2. The van der Waals surface area contributed by atoms with Crippen molar-refractivity contribution in [1.29, 1.82) is 0 Å². The normalized spacial score (nSPS) is 10.9. The van der Waals surface area contributed by atoms with Gasteiger partial charge >= 0.3 is 5.69 Å². The maximum atomic E-state index is 13.8. The molecule has 4 rings (SSSR count). The number of nitrogens with one attached hydrogen (secondary N) is 1. The van der Waals surface area contributed by atoms with Crippen LogP contribution >= 0.6 is 11.3 Å². The van der Waals surface area contributed by atoms with E-state index in [1.54, 1.807) is 23.6 Å². The van der Waals surface area contributed by atoms with Crippen molar-refractivity contribution in [3.05, 3.63) is 80.3 Å². The molecule has 0 bridgehead atoms. The van der Waals surface area contributed by atoms with Crippen molar-refractivity contribution in [3.63, 3.8) is 0 Å². The van der Waals surface area contributed by atoms with E-state index in [1.165, 1.54) is 20.3 Å². The van der Waals surface area contributed by atoms with E-state index in [1.807, 2.05) is 0 Å². The van der Waals surface area contributed by atoms with Gasteiger partial charge in [-0.25, -0.2) is 18.1 Å². The molecule has 0 unspecified atom stereocenters. The zero-order chi connectivity index (χ0) is 23.7. The lowest BCUT2D eigenvalue weighted by Crippen LogP contribution is -2.40. The maximum absolute atomic E-state index is 13.8. The van der Waals surface area contributed by atoms with Gasteiger partial charge in [-0.05, 0) is 35.7 Å². The molecule has 33 heavy (non-hydrogen) atoms. The van der Waals surface area contributed by atoms with E-state index >= 15 is 0 Å². The van der Waals surface area contributed by atoms with Crippen LogP contribution in [0.5, 0.6) is 11.5 Å². The van der Waals surface area contributed by atoms with E-state index in [0.29, 0.717) is 27.8 Å². The van der Waals surface area contributed by atoms with Crippen molar-refractivity contribution < 1.29 is 23.0 Å². The van der Waals surface area contributed by atoms with Crippen LogP contribution in [-0.4, -0.2) is 29.3 Å². The second-order valence-electron chi connectivity index (χ2n) is 6.89. The number of halogens is 2. The quantitative estimate of drug-likeness (QED) is 0.465. The number of hydrogen-bond donors (Lipinski definition) is 1. The molecule has 0 spiro atoms. The van der Waals surface area contributed by atoms with E-state index in [2.05, 4.69) is 5.32 Å². The van der Waals surface area contributed by atoms with Crippen LogP contribution in [0, 0.1) is 11.6 Å². The van der Waals surface area contributed by atoms with Crippen molar-refractivity contribution in [2.75, 3.05) is 19.5 Å². The molecule has 11 heteroatoms. The van der Waals surface area contributed by atoms with Crippen molar-refractivity contribution in [3.8, 4) is 17.2 Å². The van der Waals surface area contributed by atoms with Gasteiger partial charge in [0, 0.05) is 12.1 Å². The smallest absolute Gasteiger partial charge is 0.336 e. The molecule has 0 aliphatic rings. The third kappa shape index (κ3) is 4.22. The third-order valence-electron chi connectivity index (χ3n) is 4.84. The van der Waals surface area contributed by atoms with Crippen molar-refractivity contribution in [1.82, 2.24) is 9.13 Å². The monoisotopic (exact) mass is 473 g/mol. The second kappa shape index (κ2) is 8.87. The summed E-state index contributed by atoms with van der Waals surface area (Å²) in [7, 11) is 2.91. The number of aromatic nitrogens is 2. The zero-order valence-electron chi connectivity index (χ0n) is 17.4. The molecule has 0 atom stereocenters. The lowest BCUT2D eigenvalue weighted by molar-refractivity contribution is -0.116. The maximum Gasteiger partial charge on any atom is 0.336 e. The molecule has 0 fully saturated rings. The molecule has 0 aliphatic carbocycles. The molecule has 0 saturated heterocycles. The summed E-state index contributed by atoms with van der Waals surface area (Å²) in [6, 6.07) is 8.71. The minimum atomic E-state index is -0.947. The molecular formula is C22H17F2N3O5S. The van der Waals surface area contributed by atoms with Crippen LogP contribution in [0.4, 0.5) is 14.5 Å². The molecule has 1 N–H and O–H groups in total. The third-order valence-corrected chi connectivity index (χ3v) is 5.73. The van der Waals surface area contributed by atoms with Gasteiger partial charge in [0.2, 0.25) is 5.91 Å². The number of rotatable bonds is 6. The highest BCUT2D eigenvalue weighted by Gasteiger charge is 2.19. The van der Waals surface area contributed by atoms with Crippen molar-refractivity contribution >= 4 is 33.1 Å². The molecule has 0 saturated carbocycles. The summed E-state index contributed by atoms with van der Waals surface area (Å²) in [6.45, 7) is -0.468. The van der Waals surface area contributed by atoms with Crippen LogP contribution < -0.4 is 26.0 Å². The number of ether oxygens (including phenoxy) is 2. The van der Waals surface area contributed by atoms with Gasteiger partial charge in [0.25, 0.3) is 5.56 Å². The largest absolute Gasteiger partial charge is 0.497 e. The minimum absolute atomic E-state index is 0.158. The topological polar surface area (TPSA) is 91.6 Å². The van der Waals surface area contributed by atoms with Crippen LogP contribution in [0.3, 0.4) is 0 Å². The predicted octanol–water partition coefficient (Wildman–Crippen LogP) is 3.15. The highest BCUT2D eigenvalue weighted by atomic mass is 32.1. The van der Waals surface area contributed by atoms with E-state index in [4.69, 9.17) is 9.47 Å². The van der Waals surface area contributed by atoms with Crippen molar-refractivity contribution in [2.24, 2.45) is 0 Å². The first-order valence-corrected chi connectivity index (χ1v) is 10.4. The van der Waals surface area contributed by atoms with Crippen molar-refractivity contribution in [2.45, 2.75) is 6.54 Å². The number of carbonyl (C=O) groups is 1. The molecule has 1 amide bonds. The molecule has 2 aromatic heterocycles. The summed E-state index contributed by atoms with van der Waals surface area (Å²) in [4.78, 5) is 38.9. The van der Waals surface area contributed by atoms with Crippen LogP contribution in [0.15, 0.2) is 57.4 Å². The highest BCUT2D eigenvalue weighted by Crippen LogP contribution is 2.29. The Balaban J connectivity index is 1.79. The molecule has 0 radical (unpaired) electrons. The lowest BCUT2D eigenvalue weighted by atomic mass is 10.2. The first-order chi connectivity index (χ1) is 15.8. The number of carbonyl (C=O) groups excluding carboxylic acids is 1. The van der Waals surface area contributed by atoms with Gasteiger partial charge < -0.3 is 14.8 Å². The van der Waals surface area contributed by atoms with Gasteiger partial charge in [0.15, 0.2) is 0 Å². The van der Waals surface area contributed by atoms with E-state index in [-0.39, 0.29) is 15.9 Å². The van der Waals surface area contributed by atoms with Crippen LogP contribution in [-0.2, 0) is 11.3 Å². The molecule has 4 aromatic rings. The zero-order valence-corrected chi connectivity index (χ0v) is 18.2. The van der Waals surface area contributed by atoms with Gasteiger partial charge in [0.1, 0.15) is 34.4 Å².